The maximum absolute atomic E-state index is 6.66. The van der Waals surface area contributed by atoms with Crippen LogP contribution in [0.15, 0.2) is 173 Å². The van der Waals surface area contributed by atoms with Gasteiger partial charge in [0.1, 0.15) is 11.1 Å². The van der Waals surface area contributed by atoms with Crippen molar-refractivity contribution in [3.8, 4) is 22.8 Å². The lowest BCUT2D eigenvalue weighted by Crippen LogP contribution is -2.25. The predicted molar refractivity (Wildman–Crippen MR) is 224 cm³/mol. The van der Waals surface area contributed by atoms with Gasteiger partial charge in [-0.25, -0.2) is 4.98 Å². The minimum Gasteiger partial charge on any atom is -0.454 e. The van der Waals surface area contributed by atoms with E-state index < -0.39 is 0 Å². The number of hydrogen-bond donors (Lipinski definition) is 0. The average Bonchev–Trinajstić information content (AvgIpc) is 4.00. The molecule has 1 atom stereocenters. The Labute approximate surface area is 316 Å². The minimum absolute atomic E-state index is 0.232. The van der Waals surface area contributed by atoms with Gasteiger partial charge in [-0.2, -0.15) is 0 Å². The molecular weight excluding hydrogens is 675 g/mol. The molecule has 0 saturated heterocycles. The first-order chi connectivity index (χ1) is 27.1. The molecule has 0 N–H and O–H groups in total. The Kier molecular flexibility index (Phi) is 6.18. The van der Waals surface area contributed by atoms with Crippen LogP contribution in [0, 0.1) is 0 Å². The topological polar surface area (TPSA) is 49.0 Å². The number of allylic oxidation sites excluding steroid dienone is 1. The summed E-state index contributed by atoms with van der Waals surface area (Å²) in [5.74, 6) is 0.630. The van der Waals surface area contributed by atoms with Gasteiger partial charge in [-0.3, -0.25) is 0 Å². The summed E-state index contributed by atoms with van der Waals surface area (Å²) in [7, 11) is 0. The molecule has 1 unspecified atom stereocenters. The van der Waals surface area contributed by atoms with Gasteiger partial charge in [0, 0.05) is 55.0 Å². The van der Waals surface area contributed by atoms with Gasteiger partial charge in [0.15, 0.2) is 11.2 Å². The number of nitrogens with zero attached hydrogens (tertiary/aromatic N) is 3. The molecule has 55 heavy (non-hydrogen) atoms. The van der Waals surface area contributed by atoms with Crippen LogP contribution in [0.2, 0.25) is 0 Å². The average molecular weight is 708 g/mol. The second-order valence-electron chi connectivity index (χ2n) is 15.0. The van der Waals surface area contributed by atoms with Gasteiger partial charge in [-0.1, -0.05) is 91.9 Å². The van der Waals surface area contributed by atoms with Crippen molar-refractivity contribution in [3.05, 3.63) is 181 Å². The van der Waals surface area contributed by atoms with Gasteiger partial charge in [-0.15, -0.1) is 0 Å². The SMILES string of the molecule is CC1(c2ccc3c(c2)c2ccccc2n3-c2ccc(-c3nc4ccccc4o3)cc2)C=Cc2c(c3ccc4c5ccccc5oc4c3n2-c2ccccc2)C1. The summed E-state index contributed by atoms with van der Waals surface area (Å²) in [6, 6.07) is 55.8. The minimum atomic E-state index is -0.232. The van der Waals surface area contributed by atoms with Gasteiger partial charge in [0.05, 0.1) is 16.6 Å². The summed E-state index contributed by atoms with van der Waals surface area (Å²) in [6.07, 6.45) is 5.61. The van der Waals surface area contributed by atoms with E-state index in [4.69, 9.17) is 13.8 Å². The van der Waals surface area contributed by atoms with E-state index in [0.29, 0.717) is 5.89 Å². The standard InChI is InChI=1S/C50H33N3O2/c1-50(28-27-44-40(30-50)37-24-25-38-36-14-6-9-17-45(36)54-48(38)47(37)53(44)33-11-3-2-4-12-33)32-21-26-43-39(29-32)35-13-5-8-16-42(35)52(43)34-22-19-31(20-23-34)49-51-41-15-7-10-18-46(41)55-49/h2-29H,30H2,1H3. The maximum atomic E-state index is 6.66. The summed E-state index contributed by atoms with van der Waals surface area (Å²) in [5, 5.41) is 6.00. The molecule has 0 spiro atoms. The maximum Gasteiger partial charge on any atom is 0.227 e. The Morgan fingerprint density at radius 3 is 2.13 bits per heavy atom. The lowest BCUT2D eigenvalue weighted by molar-refractivity contribution is 0.589. The number of para-hydroxylation sites is 5. The third-order valence-electron chi connectivity index (χ3n) is 11.8. The van der Waals surface area contributed by atoms with Crippen LogP contribution in [-0.4, -0.2) is 14.1 Å². The zero-order valence-corrected chi connectivity index (χ0v) is 30.0. The summed E-state index contributed by atoms with van der Waals surface area (Å²) in [6.45, 7) is 2.38. The van der Waals surface area contributed by atoms with E-state index in [9.17, 15) is 0 Å². The fourth-order valence-electron chi connectivity index (χ4n) is 9.08. The van der Waals surface area contributed by atoms with E-state index in [1.807, 2.05) is 30.3 Å². The van der Waals surface area contributed by atoms with Crippen molar-refractivity contribution in [2.24, 2.45) is 0 Å². The smallest absolute Gasteiger partial charge is 0.227 e. The number of fused-ring (bicyclic) bond motifs is 11. The number of hydrogen-bond acceptors (Lipinski definition) is 3. The van der Waals surface area contributed by atoms with Crippen molar-refractivity contribution < 1.29 is 8.83 Å². The van der Waals surface area contributed by atoms with Gasteiger partial charge in [0.2, 0.25) is 5.89 Å². The van der Waals surface area contributed by atoms with Crippen molar-refractivity contribution in [2.45, 2.75) is 18.8 Å². The fourth-order valence-corrected chi connectivity index (χ4v) is 9.08. The number of rotatable bonds is 4. The quantitative estimate of drug-likeness (QED) is 0.183. The summed E-state index contributed by atoms with van der Waals surface area (Å²) in [5.41, 5.74) is 13.8. The first-order valence-corrected chi connectivity index (χ1v) is 18.8. The highest BCUT2D eigenvalue weighted by atomic mass is 16.3. The summed E-state index contributed by atoms with van der Waals surface area (Å²) >= 11 is 0. The number of furan rings is 1. The Balaban J connectivity index is 0.989. The molecule has 4 heterocycles. The molecule has 11 aromatic rings. The van der Waals surface area contributed by atoms with Crippen LogP contribution in [0.1, 0.15) is 23.7 Å². The van der Waals surface area contributed by atoms with Crippen molar-refractivity contribution in [1.82, 2.24) is 14.1 Å². The van der Waals surface area contributed by atoms with E-state index >= 15 is 0 Å². The van der Waals surface area contributed by atoms with Crippen LogP contribution >= 0.6 is 0 Å². The molecule has 5 heteroatoms. The lowest BCUT2D eigenvalue weighted by atomic mass is 9.73. The molecule has 1 aliphatic rings. The lowest BCUT2D eigenvalue weighted by Gasteiger charge is -2.30. The Hall–Kier alpha value is -7.11. The molecule has 5 nitrogen and oxygen atoms in total. The largest absolute Gasteiger partial charge is 0.454 e. The predicted octanol–water partition coefficient (Wildman–Crippen LogP) is 13.0. The zero-order chi connectivity index (χ0) is 36.3. The summed E-state index contributed by atoms with van der Waals surface area (Å²) in [4.78, 5) is 4.72. The third-order valence-corrected chi connectivity index (χ3v) is 11.8. The van der Waals surface area contributed by atoms with Gasteiger partial charge < -0.3 is 18.0 Å². The molecule has 4 aromatic heterocycles. The van der Waals surface area contributed by atoms with Crippen LogP contribution in [0.3, 0.4) is 0 Å². The van der Waals surface area contributed by atoms with E-state index in [1.54, 1.807) is 0 Å². The van der Waals surface area contributed by atoms with Crippen molar-refractivity contribution in [3.63, 3.8) is 0 Å². The van der Waals surface area contributed by atoms with Crippen molar-refractivity contribution in [1.29, 1.82) is 0 Å². The fraction of sp³-hybridized carbons (Fsp3) is 0.0600. The summed E-state index contributed by atoms with van der Waals surface area (Å²) < 4.78 is 17.5. The second kappa shape index (κ2) is 11.2. The van der Waals surface area contributed by atoms with E-state index in [1.165, 1.54) is 44.0 Å². The van der Waals surface area contributed by atoms with Crippen LogP contribution < -0.4 is 0 Å². The number of aromatic nitrogens is 3. The molecule has 0 fully saturated rings. The van der Waals surface area contributed by atoms with Gasteiger partial charge >= 0.3 is 0 Å². The molecule has 12 rings (SSSR count). The van der Waals surface area contributed by atoms with Crippen LogP contribution in [-0.2, 0) is 11.8 Å². The molecule has 1 aliphatic carbocycles. The first kappa shape index (κ1) is 30.4. The number of benzene rings is 7. The molecule has 0 saturated carbocycles. The van der Waals surface area contributed by atoms with Crippen molar-refractivity contribution in [2.75, 3.05) is 0 Å². The number of oxazole rings is 1. The zero-order valence-electron chi connectivity index (χ0n) is 30.0. The van der Waals surface area contributed by atoms with Crippen LogP contribution in [0.25, 0.3) is 94.7 Å². The van der Waals surface area contributed by atoms with Crippen LogP contribution in [0.4, 0.5) is 0 Å². The Morgan fingerprint density at radius 1 is 0.564 bits per heavy atom. The van der Waals surface area contributed by atoms with Crippen molar-refractivity contribution >= 4 is 71.8 Å². The van der Waals surface area contributed by atoms with Gasteiger partial charge in [-0.05, 0) is 102 Å². The molecule has 260 valence electrons. The highest BCUT2D eigenvalue weighted by molar-refractivity contribution is 6.16. The van der Waals surface area contributed by atoms with E-state index in [2.05, 4.69) is 156 Å². The normalized spacial score (nSPS) is 15.7. The first-order valence-electron chi connectivity index (χ1n) is 18.8. The molecule has 0 bridgehead atoms. The third kappa shape index (κ3) is 4.38. The molecule has 0 radical (unpaired) electrons. The Bertz CT molecular complexity index is 3320. The second-order valence-corrected chi connectivity index (χ2v) is 15.0. The van der Waals surface area contributed by atoms with Gasteiger partial charge in [0.25, 0.3) is 0 Å². The van der Waals surface area contributed by atoms with Crippen LogP contribution in [0.5, 0.6) is 0 Å². The molecule has 0 amide bonds. The van der Waals surface area contributed by atoms with E-state index in [0.717, 1.165) is 61.9 Å². The van der Waals surface area contributed by atoms with E-state index in [-0.39, 0.29) is 5.41 Å². The monoisotopic (exact) mass is 707 g/mol. The highest BCUT2D eigenvalue weighted by Crippen LogP contribution is 2.46. The Morgan fingerprint density at radius 2 is 1.27 bits per heavy atom. The molecule has 0 aliphatic heterocycles. The molecular formula is C50H33N3O2. The highest BCUT2D eigenvalue weighted by Gasteiger charge is 2.33. The molecule has 7 aromatic carbocycles.